The topological polar surface area (TPSA) is 53.4 Å². The van der Waals surface area contributed by atoms with Gasteiger partial charge in [0.1, 0.15) is 0 Å². The van der Waals surface area contributed by atoms with Gasteiger partial charge in [-0.2, -0.15) is 0 Å². The average Bonchev–Trinajstić information content (AvgIpc) is 2.89. The largest absolute Gasteiger partial charge is 0.390 e. The fourth-order valence-corrected chi connectivity index (χ4v) is 3.73. The van der Waals surface area contributed by atoms with Crippen molar-refractivity contribution in [3.63, 3.8) is 0 Å². The van der Waals surface area contributed by atoms with Crippen molar-refractivity contribution in [2.45, 2.75) is 57.7 Å². The molecule has 1 aromatic heterocycles. The van der Waals surface area contributed by atoms with Crippen molar-refractivity contribution >= 4 is 5.91 Å². The van der Waals surface area contributed by atoms with Gasteiger partial charge in [0.15, 0.2) is 0 Å². The van der Waals surface area contributed by atoms with Crippen LogP contribution in [0.5, 0.6) is 0 Å². The van der Waals surface area contributed by atoms with Crippen LogP contribution in [0, 0.1) is 0 Å². The van der Waals surface area contributed by atoms with Gasteiger partial charge >= 0.3 is 0 Å². The molecule has 0 bridgehead atoms. The van der Waals surface area contributed by atoms with Crippen molar-refractivity contribution in [1.29, 1.82) is 0 Å². The van der Waals surface area contributed by atoms with Crippen LogP contribution in [-0.2, 0) is 17.6 Å². The fourth-order valence-electron chi connectivity index (χ4n) is 3.73. The van der Waals surface area contributed by atoms with Crippen molar-refractivity contribution in [1.82, 2.24) is 9.88 Å². The minimum atomic E-state index is -0.557. The number of carbonyl (C=O) groups excluding carboxylic acids is 1. The number of aromatic nitrogens is 1. The lowest BCUT2D eigenvalue weighted by atomic mass is 9.96. The Bertz CT molecular complexity index is 737. The van der Waals surface area contributed by atoms with Gasteiger partial charge in [-0.15, -0.1) is 0 Å². The monoisotopic (exact) mass is 338 g/mol. The Kier molecular flexibility index (Phi) is 4.91. The molecule has 1 aliphatic carbocycles. The summed E-state index contributed by atoms with van der Waals surface area (Å²) in [5.41, 5.74) is 2.89. The third-order valence-corrected chi connectivity index (χ3v) is 4.79. The van der Waals surface area contributed by atoms with E-state index in [1.165, 1.54) is 0 Å². The van der Waals surface area contributed by atoms with Crippen molar-refractivity contribution in [2.24, 2.45) is 0 Å². The summed E-state index contributed by atoms with van der Waals surface area (Å²) in [4.78, 5) is 19.1. The highest BCUT2D eigenvalue weighted by Gasteiger charge is 2.42. The number of aliphatic hydroxyl groups excluding tert-OH is 1. The molecule has 1 amide bonds. The number of benzene rings is 1. The van der Waals surface area contributed by atoms with Gasteiger partial charge in [-0.1, -0.05) is 30.3 Å². The van der Waals surface area contributed by atoms with Gasteiger partial charge in [0.05, 0.1) is 12.1 Å². The van der Waals surface area contributed by atoms with E-state index in [1.54, 1.807) is 12.4 Å². The van der Waals surface area contributed by atoms with Gasteiger partial charge in [0.25, 0.3) is 0 Å². The molecule has 0 radical (unpaired) electrons. The van der Waals surface area contributed by atoms with Gasteiger partial charge < -0.3 is 10.0 Å². The van der Waals surface area contributed by atoms with Gasteiger partial charge in [-0.05, 0) is 49.9 Å². The maximum absolute atomic E-state index is 13.1. The molecule has 0 saturated heterocycles. The van der Waals surface area contributed by atoms with Crippen LogP contribution in [0.15, 0.2) is 48.8 Å². The van der Waals surface area contributed by atoms with Crippen LogP contribution in [-0.4, -0.2) is 32.5 Å². The number of fused-ring (bicyclic) bond motifs is 1. The lowest BCUT2D eigenvalue weighted by Crippen LogP contribution is -2.50. The third kappa shape index (κ3) is 3.74. The zero-order valence-corrected chi connectivity index (χ0v) is 15.1. The molecule has 0 unspecified atom stereocenters. The lowest BCUT2D eigenvalue weighted by molar-refractivity contribution is -0.142. The van der Waals surface area contributed by atoms with Crippen LogP contribution in [0.2, 0.25) is 0 Å². The first-order valence-electron chi connectivity index (χ1n) is 8.85. The first-order chi connectivity index (χ1) is 11.9. The number of carbonyl (C=O) groups is 1. The molecule has 1 aromatic carbocycles. The SMILES string of the molecule is CC(C)(C)N(C(=O)CCc1cccnc1)[C@H]1c2ccccc2C[C@H]1O. The number of nitrogens with zero attached hydrogens (tertiary/aromatic N) is 2. The van der Waals surface area contributed by atoms with Crippen molar-refractivity contribution in [3.05, 3.63) is 65.5 Å². The quantitative estimate of drug-likeness (QED) is 0.930. The van der Waals surface area contributed by atoms with E-state index < -0.39 is 6.10 Å². The Hall–Kier alpha value is -2.20. The Morgan fingerprint density at radius 1 is 1.24 bits per heavy atom. The van der Waals surface area contributed by atoms with E-state index in [0.717, 1.165) is 16.7 Å². The first-order valence-corrected chi connectivity index (χ1v) is 8.85. The molecule has 25 heavy (non-hydrogen) atoms. The van der Waals surface area contributed by atoms with E-state index in [-0.39, 0.29) is 17.5 Å². The van der Waals surface area contributed by atoms with E-state index in [9.17, 15) is 9.90 Å². The number of hydrogen-bond donors (Lipinski definition) is 1. The summed E-state index contributed by atoms with van der Waals surface area (Å²) in [5, 5.41) is 10.7. The van der Waals surface area contributed by atoms with Crippen LogP contribution in [0.4, 0.5) is 0 Å². The fraction of sp³-hybridized carbons (Fsp3) is 0.429. The smallest absolute Gasteiger partial charge is 0.223 e. The second-order valence-electron chi connectivity index (χ2n) is 7.71. The van der Waals surface area contributed by atoms with Gasteiger partial charge in [0.2, 0.25) is 5.91 Å². The van der Waals surface area contributed by atoms with Gasteiger partial charge in [0, 0.05) is 30.8 Å². The first kappa shape index (κ1) is 17.6. The number of pyridine rings is 1. The number of amides is 1. The maximum atomic E-state index is 13.1. The van der Waals surface area contributed by atoms with Crippen LogP contribution in [0.1, 0.15) is 49.9 Å². The standard InChI is InChI=1S/C21H26N2O2/c1-21(2,3)23(19(25)11-10-15-7-6-12-22-14-15)20-17-9-5-4-8-16(17)13-18(20)24/h4-9,12,14,18,20,24H,10-11,13H2,1-3H3/t18-,20+/m1/s1. The molecular weight excluding hydrogens is 312 g/mol. The molecule has 3 rings (SSSR count). The van der Waals surface area contributed by atoms with Crippen molar-refractivity contribution in [3.8, 4) is 0 Å². The molecule has 4 nitrogen and oxygen atoms in total. The summed E-state index contributed by atoms with van der Waals surface area (Å²) in [7, 11) is 0. The lowest BCUT2D eigenvalue weighted by Gasteiger charge is -2.42. The molecule has 4 heteroatoms. The van der Waals surface area contributed by atoms with Crippen LogP contribution < -0.4 is 0 Å². The Balaban J connectivity index is 1.84. The number of rotatable bonds is 4. The predicted octanol–water partition coefficient (Wildman–Crippen LogP) is 3.30. The number of hydrogen-bond acceptors (Lipinski definition) is 3. The van der Waals surface area contributed by atoms with Crippen LogP contribution in [0.3, 0.4) is 0 Å². The molecular formula is C21H26N2O2. The molecule has 1 N–H and O–H groups in total. The van der Waals surface area contributed by atoms with Crippen molar-refractivity contribution in [2.75, 3.05) is 0 Å². The molecule has 1 aliphatic rings. The highest BCUT2D eigenvalue weighted by Crippen LogP contribution is 2.39. The Morgan fingerprint density at radius 3 is 2.68 bits per heavy atom. The summed E-state index contributed by atoms with van der Waals surface area (Å²) in [6.45, 7) is 6.09. The molecule has 2 aromatic rings. The van der Waals surface area contributed by atoms with Crippen molar-refractivity contribution < 1.29 is 9.90 Å². The summed E-state index contributed by atoms with van der Waals surface area (Å²) in [6.07, 6.45) is 4.65. The third-order valence-electron chi connectivity index (χ3n) is 4.79. The zero-order chi connectivity index (χ0) is 18.0. The summed E-state index contributed by atoms with van der Waals surface area (Å²) in [6, 6.07) is 11.6. The predicted molar refractivity (Wildman–Crippen MR) is 98.1 cm³/mol. The van der Waals surface area contributed by atoms with E-state index >= 15 is 0 Å². The number of aliphatic hydroxyl groups is 1. The van der Waals surface area contributed by atoms with Gasteiger partial charge in [-0.3, -0.25) is 9.78 Å². The molecule has 2 atom stereocenters. The van der Waals surface area contributed by atoms with E-state index in [4.69, 9.17) is 0 Å². The Labute approximate surface area is 149 Å². The highest BCUT2D eigenvalue weighted by atomic mass is 16.3. The van der Waals surface area contributed by atoms with E-state index in [1.807, 2.05) is 62.1 Å². The zero-order valence-electron chi connectivity index (χ0n) is 15.1. The summed E-state index contributed by atoms with van der Waals surface area (Å²) >= 11 is 0. The van der Waals surface area contributed by atoms with Crippen LogP contribution in [0.25, 0.3) is 0 Å². The Morgan fingerprint density at radius 2 is 2.00 bits per heavy atom. The van der Waals surface area contributed by atoms with E-state index in [0.29, 0.717) is 19.3 Å². The second-order valence-corrected chi connectivity index (χ2v) is 7.71. The average molecular weight is 338 g/mol. The molecule has 0 fully saturated rings. The summed E-state index contributed by atoms with van der Waals surface area (Å²) < 4.78 is 0. The highest BCUT2D eigenvalue weighted by molar-refractivity contribution is 5.78. The molecule has 0 saturated carbocycles. The molecule has 0 spiro atoms. The molecule has 132 valence electrons. The molecule has 0 aliphatic heterocycles. The minimum absolute atomic E-state index is 0.0668. The van der Waals surface area contributed by atoms with E-state index in [2.05, 4.69) is 4.98 Å². The summed E-state index contributed by atoms with van der Waals surface area (Å²) in [5.74, 6) is 0.0668. The molecule has 1 heterocycles. The number of aryl methyl sites for hydroxylation is 1. The maximum Gasteiger partial charge on any atom is 0.223 e. The van der Waals surface area contributed by atoms with Crippen LogP contribution >= 0.6 is 0 Å². The normalized spacial score (nSPS) is 19.5. The minimum Gasteiger partial charge on any atom is -0.390 e. The van der Waals surface area contributed by atoms with Gasteiger partial charge in [-0.25, -0.2) is 0 Å². The second kappa shape index (κ2) is 6.96.